The Balaban J connectivity index is 3.64. The average molecular weight is 204 g/mol. The molecule has 0 fully saturated rings. The Morgan fingerprint density at radius 1 is 1.62 bits per heavy atom. The van der Waals surface area contributed by atoms with Crippen LogP contribution in [-0.2, 0) is 0 Å². The van der Waals surface area contributed by atoms with Gasteiger partial charge in [0.25, 0.3) is 0 Å². The van der Waals surface area contributed by atoms with Gasteiger partial charge in [-0.1, -0.05) is 0 Å². The molecule has 0 saturated heterocycles. The van der Waals surface area contributed by atoms with Crippen LogP contribution in [-0.4, -0.2) is 42.6 Å². The van der Waals surface area contributed by atoms with E-state index in [4.69, 9.17) is 0 Å². The van der Waals surface area contributed by atoms with E-state index in [1.807, 2.05) is 13.8 Å². The molecule has 0 aromatic carbocycles. The van der Waals surface area contributed by atoms with Crippen molar-refractivity contribution in [1.82, 2.24) is 10.2 Å². The Morgan fingerprint density at radius 2 is 2.23 bits per heavy atom. The van der Waals surface area contributed by atoms with Crippen LogP contribution in [0.15, 0.2) is 0 Å². The number of hydrogen-bond acceptors (Lipinski definition) is 2. The van der Waals surface area contributed by atoms with Crippen molar-refractivity contribution in [2.75, 3.05) is 25.6 Å². The van der Waals surface area contributed by atoms with Gasteiger partial charge in [-0.05, 0) is 32.3 Å². The Kier molecular flexibility index (Phi) is 6.86. The summed E-state index contributed by atoms with van der Waals surface area (Å²) in [6.07, 6.45) is 3.11. The fraction of sp³-hybridized carbons (Fsp3) is 0.889. The van der Waals surface area contributed by atoms with E-state index in [0.29, 0.717) is 0 Å². The number of nitrogens with zero attached hydrogens (tertiary/aromatic N) is 1. The molecular formula is C9H20N2OS. The maximum absolute atomic E-state index is 11.4. The standard InChI is InChI=1S/C9H20N2OS/c1-5-11(3)9(12)10-8(2)6-7-13-4/h8H,5-7H2,1-4H3,(H,10,12). The smallest absolute Gasteiger partial charge is 0.317 e. The van der Waals surface area contributed by atoms with Gasteiger partial charge in [0.05, 0.1) is 0 Å². The first-order valence-electron chi connectivity index (χ1n) is 4.62. The van der Waals surface area contributed by atoms with Crippen LogP contribution in [0.3, 0.4) is 0 Å². The summed E-state index contributed by atoms with van der Waals surface area (Å²) in [5.74, 6) is 1.09. The number of urea groups is 1. The van der Waals surface area contributed by atoms with Gasteiger partial charge >= 0.3 is 6.03 Å². The summed E-state index contributed by atoms with van der Waals surface area (Å²) in [6.45, 7) is 4.75. The van der Waals surface area contributed by atoms with Gasteiger partial charge in [0.2, 0.25) is 0 Å². The highest BCUT2D eigenvalue weighted by atomic mass is 32.2. The molecule has 0 radical (unpaired) electrons. The molecule has 0 aliphatic rings. The number of amides is 2. The summed E-state index contributed by atoms with van der Waals surface area (Å²) in [5, 5.41) is 2.94. The van der Waals surface area contributed by atoms with E-state index in [1.54, 1.807) is 23.7 Å². The molecule has 0 heterocycles. The maximum Gasteiger partial charge on any atom is 0.317 e. The van der Waals surface area contributed by atoms with E-state index < -0.39 is 0 Å². The number of carbonyl (C=O) groups excluding carboxylic acids is 1. The zero-order valence-corrected chi connectivity index (χ0v) is 9.78. The van der Waals surface area contributed by atoms with E-state index in [0.717, 1.165) is 18.7 Å². The Labute approximate surface area is 85.3 Å². The number of thioether (sulfide) groups is 1. The Hall–Kier alpha value is -0.380. The topological polar surface area (TPSA) is 32.3 Å². The fourth-order valence-corrected chi connectivity index (χ4v) is 1.42. The van der Waals surface area contributed by atoms with Crippen molar-refractivity contribution in [3.63, 3.8) is 0 Å². The monoisotopic (exact) mass is 204 g/mol. The van der Waals surface area contributed by atoms with Crippen LogP contribution < -0.4 is 5.32 Å². The number of carbonyl (C=O) groups is 1. The van der Waals surface area contributed by atoms with Gasteiger partial charge in [0.15, 0.2) is 0 Å². The predicted octanol–water partition coefficient (Wildman–Crippen LogP) is 1.79. The molecule has 78 valence electrons. The van der Waals surface area contributed by atoms with Crippen molar-refractivity contribution in [2.45, 2.75) is 26.3 Å². The van der Waals surface area contributed by atoms with Crippen molar-refractivity contribution in [2.24, 2.45) is 0 Å². The van der Waals surface area contributed by atoms with E-state index in [-0.39, 0.29) is 12.1 Å². The highest BCUT2D eigenvalue weighted by Crippen LogP contribution is 2.00. The van der Waals surface area contributed by atoms with Crippen molar-refractivity contribution in [1.29, 1.82) is 0 Å². The number of nitrogens with one attached hydrogen (secondary N) is 1. The van der Waals surface area contributed by atoms with Gasteiger partial charge in [-0.3, -0.25) is 0 Å². The lowest BCUT2D eigenvalue weighted by molar-refractivity contribution is 0.207. The van der Waals surface area contributed by atoms with Crippen LogP contribution in [0.4, 0.5) is 4.79 Å². The molecule has 0 aliphatic carbocycles. The molecule has 0 saturated carbocycles. The van der Waals surface area contributed by atoms with Crippen LogP contribution in [0.5, 0.6) is 0 Å². The first-order chi connectivity index (χ1) is 6.11. The lowest BCUT2D eigenvalue weighted by atomic mass is 10.3. The first-order valence-corrected chi connectivity index (χ1v) is 6.01. The first kappa shape index (κ1) is 12.6. The van der Waals surface area contributed by atoms with Crippen molar-refractivity contribution >= 4 is 17.8 Å². The van der Waals surface area contributed by atoms with Gasteiger partial charge in [-0.25, -0.2) is 4.79 Å². The Bertz CT molecular complexity index is 153. The van der Waals surface area contributed by atoms with Gasteiger partial charge in [0, 0.05) is 19.6 Å². The molecule has 0 aliphatic heterocycles. The number of rotatable bonds is 5. The fourth-order valence-electron chi connectivity index (χ4n) is 0.831. The van der Waals surface area contributed by atoms with Gasteiger partial charge < -0.3 is 10.2 Å². The minimum absolute atomic E-state index is 0.0242. The lowest BCUT2D eigenvalue weighted by Gasteiger charge is -2.19. The summed E-state index contributed by atoms with van der Waals surface area (Å²) in [7, 11) is 1.80. The third kappa shape index (κ3) is 5.80. The summed E-state index contributed by atoms with van der Waals surface area (Å²) in [5.41, 5.74) is 0. The molecule has 4 heteroatoms. The third-order valence-electron chi connectivity index (χ3n) is 1.95. The molecule has 0 rings (SSSR count). The lowest BCUT2D eigenvalue weighted by Crippen LogP contribution is -2.41. The zero-order chi connectivity index (χ0) is 10.3. The van der Waals surface area contributed by atoms with Gasteiger partial charge in [0.1, 0.15) is 0 Å². The summed E-state index contributed by atoms with van der Waals surface area (Å²) in [6, 6.07) is 0.296. The highest BCUT2D eigenvalue weighted by molar-refractivity contribution is 7.98. The predicted molar refractivity (Wildman–Crippen MR) is 59.3 cm³/mol. The molecule has 1 unspecified atom stereocenters. The van der Waals surface area contributed by atoms with E-state index in [2.05, 4.69) is 11.6 Å². The maximum atomic E-state index is 11.4. The zero-order valence-electron chi connectivity index (χ0n) is 8.96. The second kappa shape index (κ2) is 7.06. The number of hydrogen-bond donors (Lipinski definition) is 1. The normalized spacial score (nSPS) is 12.3. The molecular weight excluding hydrogens is 184 g/mol. The largest absolute Gasteiger partial charge is 0.336 e. The van der Waals surface area contributed by atoms with E-state index in [9.17, 15) is 4.79 Å². The van der Waals surface area contributed by atoms with E-state index >= 15 is 0 Å². The van der Waals surface area contributed by atoms with Crippen LogP contribution in [0.2, 0.25) is 0 Å². The molecule has 3 nitrogen and oxygen atoms in total. The van der Waals surface area contributed by atoms with Crippen molar-refractivity contribution in [3.05, 3.63) is 0 Å². The molecule has 0 aromatic rings. The molecule has 1 atom stereocenters. The van der Waals surface area contributed by atoms with E-state index in [1.165, 1.54) is 0 Å². The quantitative estimate of drug-likeness (QED) is 0.740. The molecule has 0 spiro atoms. The van der Waals surface area contributed by atoms with Crippen LogP contribution in [0.1, 0.15) is 20.3 Å². The second-order valence-corrected chi connectivity index (χ2v) is 4.13. The third-order valence-corrected chi connectivity index (χ3v) is 2.59. The highest BCUT2D eigenvalue weighted by Gasteiger charge is 2.09. The van der Waals surface area contributed by atoms with Gasteiger partial charge in [-0.15, -0.1) is 0 Å². The second-order valence-electron chi connectivity index (χ2n) is 3.15. The summed E-state index contributed by atoms with van der Waals surface area (Å²) in [4.78, 5) is 13.0. The van der Waals surface area contributed by atoms with Crippen molar-refractivity contribution in [3.8, 4) is 0 Å². The average Bonchev–Trinajstić information content (AvgIpc) is 2.13. The molecule has 1 N–H and O–H groups in total. The van der Waals surface area contributed by atoms with Crippen LogP contribution in [0.25, 0.3) is 0 Å². The molecule has 0 aromatic heterocycles. The molecule has 13 heavy (non-hydrogen) atoms. The Morgan fingerprint density at radius 3 is 2.69 bits per heavy atom. The minimum Gasteiger partial charge on any atom is -0.336 e. The van der Waals surface area contributed by atoms with Crippen LogP contribution >= 0.6 is 11.8 Å². The molecule has 0 bridgehead atoms. The minimum atomic E-state index is 0.0242. The SMILES string of the molecule is CCN(C)C(=O)NC(C)CCSC. The van der Waals surface area contributed by atoms with Crippen LogP contribution in [0, 0.1) is 0 Å². The summed E-state index contributed by atoms with van der Waals surface area (Å²) >= 11 is 1.81. The summed E-state index contributed by atoms with van der Waals surface area (Å²) < 4.78 is 0. The van der Waals surface area contributed by atoms with Gasteiger partial charge in [-0.2, -0.15) is 11.8 Å². The molecule has 2 amide bonds. The van der Waals surface area contributed by atoms with Crippen molar-refractivity contribution < 1.29 is 4.79 Å².